The zero-order valence-electron chi connectivity index (χ0n) is 15.5. The number of carbonyl (C=O) groups is 3. The van der Waals surface area contributed by atoms with Crippen LogP contribution >= 0.6 is 0 Å². The zero-order chi connectivity index (χ0) is 18.9. The molecule has 0 spiro atoms. The maximum atomic E-state index is 12.5. The van der Waals surface area contributed by atoms with Crippen LogP contribution in [0.4, 0.5) is 14.4 Å². The molecule has 1 aliphatic heterocycles. The van der Waals surface area contributed by atoms with Gasteiger partial charge in [-0.25, -0.2) is 19.3 Å². The third kappa shape index (κ3) is 5.58. The van der Waals surface area contributed by atoms with Crippen LogP contribution < -0.4 is 0 Å². The van der Waals surface area contributed by atoms with Gasteiger partial charge in [0.15, 0.2) is 0 Å². The molecule has 0 unspecified atom stereocenters. The van der Waals surface area contributed by atoms with E-state index in [9.17, 15) is 19.5 Å². The number of hydrogen-bond acceptors (Lipinski definition) is 5. The number of imide groups is 1. The van der Waals surface area contributed by atoms with Gasteiger partial charge in [-0.3, -0.25) is 0 Å². The largest absolute Gasteiger partial charge is 0.465 e. The van der Waals surface area contributed by atoms with Gasteiger partial charge in [0.2, 0.25) is 0 Å². The first-order chi connectivity index (χ1) is 10.7. The van der Waals surface area contributed by atoms with Crippen molar-refractivity contribution in [2.75, 3.05) is 6.54 Å². The first-order valence-electron chi connectivity index (χ1n) is 7.96. The van der Waals surface area contributed by atoms with Crippen molar-refractivity contribution >= 4 is 18.3 Å². The van der Waals surface area contributed by atoms with Gasteiger partial charge in [0.05, 0.1) is 6.04 Å². The maximum Gasteiger partial charge on any atom is 0.420 e. The molecular weight excluding hydrogens is 316 g/mol. The van der Waals surface area contributed by atoms with E-state index in [0.717, 1.165) is 4.90 Å². The Bertz CT molecular complexity index is 478. The molecule has 0 saturated carbocycles. The van der Waals surface area contributed by atoms with Crippen molar-refractivity contribution in [3.05, 3.63) is 0 Å². The summed E-state index contributed by atoms with van der Waals surface area (Å²) in [5.41, 5.74) is -1.57. The van der Waals surface area contributed by atoms with Crippen LogP contribution in [0.15, 0.2) is 0 Å². The van der Waals surface area contributed by atoms with Crippen LogP contribution in [0, 0.1) is 0 Å². The van der Waals surface area contributed by atoms with E-state index < -0.39 is 35.5 Å². The van der Waals surface area contributed by atoms with Crippen LogP contribution in [0.5, 0.6) is 0 Å². The number of carbonyl (C=O) groups excluding carboxylic acids is 2. The molecule has 1 saturated heterocycles. The fraction of sp³-hybridized carbons (Fsp3) is 0.812. The molecule has 0 aliphatic carbocycles. The van der Waals surface area contributed by atoms with Crippen molar-refractivity contribution in [1.29, 1.82) is 0 Å². The molecule has 0 bridgehead atoms. The Morgan fingerprint density at radius 2 is 1.42 bits per heavy atom. The number of nitrogens with zero attached hydrogens (tertiary/aromatic N) is 2. The second-order valence-electron chi connectivity index (χ2n) is 8.00. The molecule has 0 radical (unpaired) electrons. The highest BCUT2D eigenvalue weighted by atomic mass is 16.6. The van der Waals surface area contributed by atoms with Crippen LogP contribution in [0.3, 0.4) is 0 Å². The number of likely N-dealkylation sites (tertiary alicyclic amines) is 1. The predicted molar refractivity (Wildman–Crippen MR) is 86.9 cm³/mol. The molecule has 1 rings (SSSR count). The lowest BCUT2D eigenvalue weighted by molar-refractivity contribution is -0.00655. The Hall–Kier alpha value is -1.99. The van der Waals surface area contributed by atoms with E-state index in [1.54, 1.807) is 48.5 Å². The highest BCUT2D eigenvalue weighted by Gasteiger charge is 2.43. The van der Waals surface area contributed by atoms with Crippen LogP contribution in [0.25, 0.3) is 0 Å². The number of rotatable bonds is 1. The van der Waals surface area contributed by atoms with Gasteiger partial charge < -0.3 is 19.5 Å². The highest BCUT2D eigenvalue weighted by molar-refractivity contribution is 5.88. The Kier molecular flexibility index (Phi) is 5.74. The molecule has 1 aliphatic rings. The second-order valence-corrected chi connectivity index (χ2v) is 8.00. The summed E-state index contributed by atoms with van der Waals surface area (Å²) in [7, 11) is 0. The van der Waals surface area contributed by atoms with Gasteiger partial charge in [-0.15, -0.1) is 0 Å². The van der Waals surface area contributed by atoms with Gasteiger partial charge in [-0.2, -0.15) is 0 Å². The third-order valence-electron chi connectivity index (χ3n) is 3.34. The van der Waals surface area contributed by atoms with Gasteiger partial charge in [0, 0.05) is 12.6 Å². The molecule has 2 atom stereocenters. The minimum atomic E-state index is -1.08. The topological polar surface area (TPSA) is 96.4 Å². The van der Waals surface area contributed by atoms with E-state index in [0.29, 0.717) is 6.42 Å². The monoisotopic (exact) mass is 344 g/mol. The first-order valence-corrected chi connectivity index (χ1v) is 7.96. The van der Waals surface area contributed by atoms with Gasteiger partial charge in [-0.1, -0.05) is 0 Å². The number of amides is 3. The lowest BCUT2D eigenvalue weighted by Crippen LogP contribution is -2.50. The SMILES string of the molecule is C[C@@H]1C[C@H](N(C(=O)OC(C)(C)C)C(=O)OC(C)(C)C)CN1C(=O)O. The Morgan fingerprint density at radius 1 is 1.00 bits per heavy atom. The van der Waals surface area contributed by atoms with E-state index >= 15 is 0 Å². The summed E-state index contributed by atoms with van der Waals surface area (Å²) < 4.78 is 10.6. The zero-order valence-corrected chi connectivity index (χ0v) is 15.5. The average molecular weight is 344 g/mol. The van der Waals surface area contributed by atoms with E-state index in [1.807, 2.05) is 0 Å². The molecular formula is C16H28N2O6. The maximum absolute atomic E-state index is 12.5. The summed E-state index contributed by atoms with van der Waals surface area (Å²) in [4.78, 5) is 38.3. The van der Waals surface area contributed by atoms with E-state index in [2.05, 4.69) is 0 Å². The van der Waals surface area contributed by atoms with Crippen molar-refractivity contribution in [2.24, 2.45) is 0 Å². The molecule has 1 fully saturated rings. The van der Waals surface area contributed by atoms with Crippen molar-refractivity contribution in [2.45, 2.75) is 78.2 Å². The summed E-state index contributed by atoms with van der Waals surface area (Å²) in [6.45, 7) is 11.9. The summed E-state index contributed by atoms with van der Waals surface area (Å²) >= 11 is 0. The molecule has 138 valence electrons. The van der Waals surface area contributed by atoms with Crippen LogP contribution in [0.2, 0.25) is 0 Å². The summed E-state index contributed by atoms with van der Waals surface area (Å²) in [6.07, 6.45) is -2.41. The predicted octanol–water partition coefficient (Wildman–Crippen LogP) is 3.30. The summed E-state index contributed by atoms with van der Waals surface area (Å²) in [5.74, 6) is 0. The van der Waals surface area contributed by atoms with Crippen LogP contribution in [0.1, 0.15) is 54.9 Å². The first kappa shape index (κ1) is 20.1. The van der Waals surface area contributed by atoms with Crippen LogP contribution in [-0.4, -0.2) is 63.0 Å². The molecule has 0 aromatic rings. The fourth-order valence-electron chi connectivity index (χ4n) is 2.45. The number of ether oxygens (including phenoxy) is 2. The molecule has 1 N–H and O–H groups in total. The summed E-state index contributed by atoms with van der Waals surface area (Å²) in [6, 6.07) is -0.930. The number of hydrogen-bond donors (Lipinski definition) is 1. The van der Waals surface area contributed by atoms with Crippen LogP contribution in [-0.2, 0) is 9.47 Å². The normalized spacial score (nSPS) is 21.4. The smallest absolute Gasteiger partial charge is 0.420 e. The molecule has 0 aromatic heterocycles. The third-order valence-corrected chi connectivity index (χ3v) is 3.34. The quantitative estimate of drug-likeness (QED) is 0.784. The minimum Gasteiger partial charge on any atom is -0.465 e. The van der Waals surface area contributed by atoms with Crippen molar-refractivity contribution < 1.29 is 29.0 Å². The Morgan fingerprint density at radius 3 is 1.71 bits per heavy atom. The lowest BCUT2D eigenvalue weighted by Gasteiger charge is -2.31. The fourth-order valence-corrected chi connectivity index (χ4v) is 2.45. The molecule has 3 amide bonds. The van der Waals surface area contributed by atoms with Crippen molar-refractivity contribution in [3.8, 4) is 0 Å². The standard InChI is InChI=1S/C16H28N2O6/c1-10-8-11(9-17(10)12(19)20)18(13(21)23-15(2,3)4)14(22)24-16(5,6)7/h10-11H,8-9H2,1-7H3,(H,19,20)/t10-,11+/m1/s1. The van der Waals surface area contributed by atoms with Gasteiger partial charge in [0.25, 0.3) is 0 Å². The minimum absolute atomic E-state index is 0.0367. The van der Waals surface area contributed by atoms with Gasteiger partial charge in [0.1, 0.15) is 11.2 Å². The van der Waals surface area contributed by atoms with E-state index in [4.69, 9.17) is 9.47 Å². The Balaban J connectivity index is 3.04. The number of carboxylic acid groups (broad SMARTS) is 1. The average Bonchev–Trinajstić information content (AvgIpc) is 2.66. The van der Waals surface area contributed by atoms with E-state index in [-0.39, 0.29) is 12.6 Å². The van der Waals surface area contributed by atoms with Crippen molar-refractivity contribution in [3.63, 3.8) is 0 Å². The Labute approximate surface area is 142 Å². The molecule has 1 heterocycles. The van der Waals surface area contributed by atoms with E-state index in [1.165, 1.54) is 4.90 Å². The van der Waals surface area contributed by atoms with Gasteiger partial charge in [-0.05, 0) is 54.9 Å². The highest BCUT2D eigenvalue weighted by Crippen LogP contribution is 2.25. The molecule has 8 nitrogen and oxygen atoms in total. The summed E-state index contributed by atoms with van der Waals surface area (Å²) in [5, 5.41) is 9.21. The lowest BCUT2D eigenvalue weighted by atomic mass is 10.1. The second kappa shape index (κ2) is 6.86. The molecule has 24 heavy (non-hydrogen) atoms. The van der Waals surface area contributed by atoms with Gasteiger partial charge >= 0.3 is 18.3 Å². The molecule has 8 heteroatoms. The van der Waals surface area contributed by atoms with Crippen molar-refractivity contribution in [1.82, 2.24) is 9.80 Å². The molecule has 0 aromatic carbocycles.